The molecule has 0 bridgehead atoms. The van der Waals surface area contributed by atoms with Gasteiger partial charge < -0.3 is 0 Å². The third-order valence-corrected chi connectivity index (χ3v) is 2.42. The summed E-state index contributed by atoms with van der Waals surface area (Å²) in [6.45, 7) is 0. The minimum Gasteiger partial charge on any atom is -0.0974 e. The van der Waals surface area contributed by atoms with Crippen molar-refractivity contribution in [2.75, 3.05) is 0 Å². The van der Waals surface area contributed by atoms with Gasteiger partial charge in [-0.15, -0.1) is 0 Å². The molecule has 0 aliphatic carbocycles. The Morgan fingerprint density at radius 3 is 3.09 bits per heavy atom. The maximum atomic E-state index is 3.08. The van der Waals surface area contributed by atoms with Crippen molar-refractivity contribution >= 4 is 17.8 Å². The summed E-state index contributed by atoms with van der Waals surface area (Å²) in [5, 5.41) is 2.04. The Kier molecular flexibility index (Phi) is 1.82. The maximum Gasteiger partial charge on any atom is 0.0188 e. The van der Waals surface area contributed by atoms with Crippen LogP contribution >= 0.6 is 11.8 Å². The molecule has 2 rings (SSSR count). The third-order valence-electron chi connectivity index (χ3n) is 1.52. The van der Waals surface area contributed by atoms with Gasteiger partial charge in [-0.2, -0.15) is 0 Å². The van der Waals surface area contributed by atoms with E-state index in [4.69, 9.17) is 0 Å². The molecule has 0 amide bonds. The SMILES string of the molecule is [C]1=Cc2ccccc2SC=C1. The smallest absolute Gasteiger partial charge is 0.0188 e. The average molecular weight is 159 g/mol. The van der Waals surface area contributed by atoms with Crippen molar-refractivity contribution in [3.63, 3.8) is 0 Å². The van der Waals surface area contributed by atoms with E-state index in [9.17, 15) is 0 Å². The van der Waals surface area contributed by atoms with E-state index in [1.165, 1.54) is 10.5 Å². The van der Waals surface area contributed by atoms with Crippen molar-refractivity contribution in [3.8, 4) is 0 Å². The lowest BCUT2D eigenvalue weighted by Gasteiger charge is -1.98. The highest BCUT2D eigenvalue weighted by Gasteiger charge is 1.97. The normalized spacial score (nSPS) is 14.2. The van der Waals surface area contributed by atoms with Crippen molar-refractivity contribution in [3.05, 3.63) is 47.4 Å². The number of allylic oxidation sites excluding steroid dienone is 2. The van der Waals surface area contributed by atoms with Crippen LogP contribution in [0.4, 0.5) is 0 Å². The van der Waals surface area contributed by atoms with Crippen molar-refractivity contribution in [1.82, 2.24) is 0 Å². The number of rotatable bonds is 0. The Hall–Kier alpha value is -0.950. The first kappa shape index (κ1) is 6.74. The largest absolute Gasteiger partial charge is 0.0974 e. The summed E-state index contributed by atoms with van der Waals surface area (Å²) in [7, 11) is 0. The molecule has 0 N–H and O–H groups in total. The summed E-state index contributed by atoms with van der Waals surface area (Å²) >= 11 is 1.74. The number of benzene rings is 1. The standard InChI is InChI=1S/C10H7S/c1-2-7-10-9(5-1)6-3-4-8-11-10/h1-2,4-8H. The molecule has 0 atom stereocenters. The second-order valence-corrected chi connectivity index (χ2v) is 3.22. The summed E-state index contributed by atoms with van der Waals surface area (Å²) in [6, 6.07) is 8.32. The van der Waals surface area contributed by atoms with Gasteiger partial charge >= 0.3 is 0 Å². The number of hydrogen-bond donors (Lipinski definition) is 0. The van der Waals surface area contributed by atoms with E-state index in [0.717, 1.165) is 0 Å². The van der Waals surface area contributed by atoms with Crippen LogP contribution in [-0.2, 0) is 0 Å². The molecule has 0 fully saturated rings. The highest BCUT2D eigenvalue weighted by molar-refractivity contribution is 8.02. The van der Waals surface area contributed by atoms with Crippen molar-refractivity contribution < 1.29 is 0 Å². The van der Waals surface area contributed by atoms with Crippen LogP contribution < -0.4 is 0 Å². The molecule has 1 aliphatic heterocycles. The molecule has 0 unspecified atom stereocenters. The highest BCUT2D eigenvalue weighted by Crippen LogP contribution is 2.26. The van der Waals surface area contributed by atoms with Gasteiger partial charge in [0.15, 0.2) is 0 Å². The second kappa shape index (κ2) is 2.97. The van der Waals surface area contributed by atoms with E-state index in [1.54, 1.807) is 11.8 Å². The lowest BCUT2D eigenvalue weighted by molar-refractivity contribution is 1.43. The van der Waals surface area contributed by atoms with Gasteiger partial charge in [0, 0.05) is 4.90 Å². The van der Waals surface area contributed by atoms with Gasteiger partial charge in [0.2, 0.25) is 0 Å². The monoisotopic (exact) mass is 159 g/mol. The topological polar surface area (TPSA) is 0 Å². The zero-order chi connectivity index (χ0) is 7.52. The molecule has 1 aromatic rings. The fraction of sp³-hybridized carbons (Fsp3) is 0. The Labute approximate surface area is 70.6 Å². The summed E-state index contributed by atoms with van der Waals surface area (Å²) in [4.78, 5) is 1.30. The number of hydrogen-bond acceptors (Lipinski definition) is 1. The molecule has 1 aliphatic rings. The molecule has 1 heteroatoms. The molecular formula is C10H7S. The minimum absolute atomic E-state index is 1.25. The maximum absolute atomic E-state index is 3.08. The zero-order valence-electron chi connectivity index (χ0n) is 5.95. The first-order chi connectivity index (χ1) is 5.47. The van der Waals surface area contributed by atoms with E-state index in [1.807, 2.05) is 23.6 Å². The number of thioether (sulfide) groups is 1. The molecule has 0 saturated heterocycles. The summed E-state index contributed by atoms with van der Waals surface area (Å²) in [5.41, 5.74) is 1.25. The lowest BCUT2D eigenvalue weighted by atomic mass is 10.2. The molecule has 0 nitrogen and oxygen atoms in total. The summed E-state index contributed by atoms with van der Waals surface area (Å²) in [6.07, 6.45) is 7.02. The minimum atomic E-state index is 1.25. The molecule has 1 heterocycles. The molecule has 11 heavy (non-hydrogen) atoms. The van der Waals surface area contributed by atoms with E-state index in [0.29, 0.717) is 0 Å². The van der Waals surface area contributed by atoms with Crippen LogP contribution in [0.1, 0.15) is 5.56 Å². The van der Waals surface area contributed by atoms with Gasteiger partial charge in [-0.3, -0.25) is 0 Å². The van der Waals surface area contributed by atoms with Gasteiger partial charge in [-0.25, -0.2) is 0 Å². The quantitative estimate of drug-likeness (QED) is 0.560. The summed E-state index contributed by atoms with van der Waals surface area (Å²) in [5.74, 6) is 0. The van der Waals surface area contributed by atoms with E-state index >= 15 is 0 Å². The third kappa shape index (κ3) is 1.38. The predicted octanol–water partition coefficient (Wildman–Crippen LogP) is 3.12. The Morgan fingerprint density at radius 1 is 1.18 bits per heavy atom. The second-order valence-electron chi connectivity index (χ2n) is 2.27. The molecule has 53 valence electrons. The van der Waals surface area contributed by atoms with Gasteiger partial charge in [-0.1, -0.05) is 30.0 Å². The van der Waals surface area contributed by atoms with Crippen LogP contribution in [0.15, 0.2) is 40.6 Å². The van der Waals surface area contributed by atoms with Gasteiger partial charge in [0.25, 0.3) is 0 Å². The molecule has 1 aromatic carbocycles. The molecule has 0 saturated carbocycles. The van der Waals surface area contributed by atoms with E-state index in [-0.39, 0.29) is 0 Å². The first-order valence-corrected chi connectivity index (χ1v) is 4.35. The van der Waals surface area contributed by atoms with Crippen LogP contribution in [0, 0.1) is 6.08 Å². The van der Waals surface area contributed by atoms with Crippen molar-refractivity contribution in [1.29, 1.82) is 0 Å². The van der Waals surface area contributed by atoms with E-state index in [2.05, 4.69) is 24.3 Å². The fourth-order valence-corrected chi connectivity index (χ4v) is 1.71. The van der Waals surface area contributed by atoms with E-state index < -0.39 is 0 Å². The first-order valence-electron chi connectivity index (χ1n) is 3.47. The Bertz CT molecular complexity index is 310. The average Bonchev–Trinajstić information content (AvgIpc) is 2.28. The molecule has 0 aromatic heterocycles. The summed E-state index contributed by atoms with van der Waals surface area (Å²) < 4.78 is 0. The zero-order valence-corrected chi connectivity index (χ0v) is 6.77. The Morgan fingerprint density at radius 2 is 2.09 bits per heavy atom. The van der Waals surface area contributed by atoms with Gasteiger partial charge in [0.05, 0.1) is 0 Å². The van der Waals surface area contributed by atoms with Crippen LogP contribution in [0.5, 0.6) is 0 Å². The van der Waals surface area contributed by atoms with Crippen LogP contribution in [-0.4, -0.2) is 0 Å². The van der Waals surface area contributed by atoms with Crippen LogP contribution in [0.25, 0.3) is 6.08 Å². The molecule has 0 spiro atoms. The number of fused-ring (bicyclic) bond motifs is 1. The lowest BCUT2D eigenvalue weighted by Crippen LogP contribution is -1.74. The van der Waals surface area contributed by atoms with Gasteiger partial charge in [0.1, 0.15) is 0 Å². The Balaban J connectivity index is 2.52. The van der Waals surface area contributed by atoms with Gasteiger partial charge in [-0.05, 0) is 35.3 Å². The highest BCUT2D eigenvalue weighted by atomic mass is 32.2. The molecule has 1 radical (unpaired) electrons. The fourth-order valence-electron chi connectivity index (χ4n) is 0.992. The van der Waals surface area contributed by atoms with Crippen molar-refractivity contribution in [2.45, 2.75) is 4.90 Å². The predicted molar refractivity (Wildman–Crippen MR) is 49.1 cm³/mol. The van der Waals surface area contributed by atoms with Crippen LogP contribution in [0.2, 0.25) is 0 Å². The van der Waals surface area contributed by atoms with Crippen molar-refractivity contribution in [2.24, 2.45) is 0 Å². The molecular weight excluding hydrogens is 152 g/mol. The van der Waals surface area contributed by atoms with Crippen LogP contribution in [0.3, 0.4) is 0 Å².